The van der Waals surface area contributed by atoms with E-state index < -0.39 is 70.3 Å². The molecule has 2 aliphatic heterocycles. The quantitative estimate of drug-likeness (QED) is 0.488. The lowest BCUT2D eigenvalue weighted by Gasteiger charge is -2.32. The van der Waals surface area contributed by atoms with E-state index in [9.17, 15) is 48.5 Å². The molecule has 38 heavy (non-hydrogen) atoms. The molecule has 4 nitrogen and oxygen atoms in total. The normalized spacial score (nSPS) is 24.1. The Morgan fingerprint density at radius 2 is 1.53 bits per heavy atom. The molecule has 1 amide bonds. The van der Waals surface area contributed by atoms with Gasteiger partial charge in [0.2, 0.25) is 0 Å². The van der Waals surface area contributed by atoms with Crippen LogP contribution in [0.15, 0.2) is 41.4 Å². The number of halogens is 9. The zero-order chi connectivity index (χ0) is 28.3. The fraction of sp³-hybridized carbons (Fsp3) is 0.417. The van der Waals surface area contributed by atoms with Crippen LogP contribution in [0.2, 0.25) is 0 Å². The molecule has 0 bridgehead atoms. The first-order chi connectivity index (χ1) is 17.4. The Bertz CT molecular complexity index is 1290. The number of alkyl halides is 9. The number of carbonyl (C=O) groups excluding carboxylic acids is 1. The average molecular weight is 570 g/mol. The summed E-state index contributed by atoms with van der Waals surface area (Å²) < 4.78 is 134. The van der Waals surface area contributed by atoms with Gasteiger partial charge in [-0.1, -0.05) is 6.07 Å². The van der Waals surface area contributed by atoms with Crippen molar-refractivity contribution in [3.05, 3.63) is 69.8 Å². The first-order valence-corrected chi connectivity index (χ1v) is 12.6. The Hall–Kier alpha value is -2.90. The molecule has 1 atom stereocenters. The molecule has 1 fully saturated rings. The van der Waals surface area contributed by atoms with Gasteiger partial charge >= 0.3 is 18.5 Å². The van der Waals surface area contributed by atoms with Gasteiger partial charge in [0.25, 0.3) is 5.91 Å². The largest absolute Gasteiger partial charge is 0.416 e. The van der Waals surface area contributed by atoms with E-state index in [1.54, 1.807) is 0 Å². The summed E-state index contributed by atoms with van der Waals surface area (Å²) in [6, 6.07) is 3.74. The van der Waals surface area contributed by atoms with Crippen LogP contribution in [0.4, 0.5) is 39.5 Å². The summed E-state index contributed by atoms with van der Waals surface area (Å²) >= 11 is 0. The predicted molar refractivity (Wildman–Crippen MR) is 121 cm³/mol. The first kappa shape index (κ1) is 28.1. The summed E-state index contributed by atoms with van der Waals surface area (Å²) in [5.41, 5.74) is -7.44. The van der Waals surface area contributed by atoms with Crippen LogP contribution in [0.25, 0.3) is 0 Å². The van der Waals surface area contributed by atoms with E-state index in [1.807, 2.05) is 0 Å². The van der Waals surface area contributed by atoms with E-state index in [0.717, 1.165) is 0 Å². The number of carbonyl (C=O) groups is 1. The fourth-order valence-corrected chi connectivity index (χ4v) is 5.41. The summed E-state index contributed by atoms with van der Waals surface area (Å²) in [5.74, 6) is 0.146. The van der Waals surface area contributed by atoms with E-state index in [2.05, 4.69) is 10.3 Å². The lowest BCUT2D eigenvalue weighted by Crippen LogP contribution is -2.50. The Kier molecular flexibility index (Phi) is 6.94. The molecule has 2 aromatic rings. The minimum absolute atomic E-state index is 0.0906. The lowest BCUT2D eigenvalue weighted by molar-refractivity contribution is -0.184. The first-order valence-electron chi connectivity index (χ1n) is 11.1. The van der Waals surface area contributed by atoms with Crippen molar-refractivity contribution in [2.45, 2.75) is 43.3 Å². The molecule has 0 aromatic heterocycles. The number of hydrogen-bond acceptors (Lipinski definition) is 3. The maximum absolute atomic E-state index is 14.4. The number of nitrogens with zero attached hydrogens (tertiary/aromatic N) is 1. The molecular weight excluding hydrogens is 551 g/mol. The van der Waals surface area contributed by atoms with Crippen LogP contribution in [0.1, 0.15) is 44.6 Å². The number of hydrogen-bond donors (Lipinski definition) is 1. The molecule has 14 heteroatoms. The predicted octanol–water partition coefficient (Wildman–Crippen LogP) is 5.59. The van der Waals surface area contributed by atoms with Gasteiger partial charge in [0.1, 0.15) is 5.41 Å². The molecule has 2 heterocycles. The lowest BCUT2D eigenvalue weighted by atomic mass is 9.75. The molecule has 0 saturated carbocycles. The highest BCUT2D eigenvalue weighted by Gasteiger charge is 2.59. The Morgan fingerprint density at radius 3 is 2.00 bits per heavy atom. The van der Waals surface area contributed by atoms with Crippen molar-refractivity contribution in [2.75, 3.05) is 18.1 Å². The summed E-state index contributed by atoms with van der Waals surface area (Å²) in [6.45, 7) is 0.414. The minimum atomic E-state index is -5.31. The molecule has 0 aliphatic carbocycles. The Labute approximate surface area is 212 Å². The Morgan fingerprint density at radius 1 is 0.947 bits per heavy atom. The van der Waals surface area contributed by atoms with E-state index in [0.29, 0.717) is 17.1 Å². The van der Waals surface area contributed by atoms with Gasteiger partial charge in [-0.05, 0) is 53.9 Å². The maximum Gasteiger partial charge on any atom is 0.416 e. The van der Waals surface area contributed by atoms with Crippen LogP contribution < -0.4 is 5.32 Å². The van der Waals surface area contributed by atoms with Crippen LogP contribution in [0, 0.1) is 6.92 Å². The van der Waals surface area contributed by atoms with Crippen molar-refractivity contribution in [2.24, 2.45) is 4.99 Å². The van der Waals surface area contributed by atoms with E-state index in [1.165, 1.54) is 25.1 Å². The summed E-state index contributed by atoms with van der Waals surface area (Å²) in [4.78, 5) is 16.4. The zero-order valence-electron chi connectivity index (χ0n) is 19.4. The number of amides is 1. The van der Waals surface area contributed by atoms with Crippen molar-refractivity contribution in [3.8, 4) is 0 Å². The number of aliphatic imine (C=N–C) groups is 1. The van der Waals surface area contributed by atoms with E-state index in [4.69, 9.17) is 0 Å². The SMILES string of the molecule is Cc1cc(C2=NCC(c3cc(C(F)(F)F)cc(C(F)(F)F)c3)(C(F)(F)F)C2)ccc1C(=O)NC1CS(=O)C1. The van der Waals surface area contributed by atoms with Gasteiger partial charge in [0, 0.05) is 40.0 Å². The number of rotatable bonds is 4. The second-order valence-electron chi connectivity index (χ2n) is 9.29. The zero-order valence-corrected chi connectivity index (χ0v) is 20.3. The minimum Gasteiger partial charge on any atom is -0.347 e. The van der Waals surface area contributed by atoms with Gasteiger partial charge in [-0.2, -0.15) is 39.5 Å². The topological polar surface area (TPSA) is 58.5 Å². The molecule has 4 rings (SSSR count). The van der Waals surface area contributed by atoms with Crippen molar-refractivity contribution < 1.29 is 48.5 Å². The third-order valence-electron chi connectivity index (χ3n) is 6.61. The summed E-state index contributed by atoms with van der Waals surface area (Å²) in [6.07, 6.45) is -16.8. The highest BCUT2D eigenvalue weighted by Crippen LogP contribution is 2.50. The number of benzene rings is 2. The molecule has 0 radical (unpaired) electrons. The van der Waals surface area contributed by atoms with Gasteiger partial charge in [0.15, 0.2) is 0 Å². The Balaban J connectivity index is 1.68. The van der Waals surface area contributed by atoms with Gasteiger partial charge in [-0.15, -0.1) is 0 Å². The highest BCUT2D eigenvalue weighted by atomic mass is 32.2. The van der Waals surface area contributed by atoms with Crippen LogP contribution in [-0.4, -0.2) is 46.1 Å². The monoisotopic (exact) mass is 570 g/mol. The second-order valence-corrected chi connectivity index (χ2v) is 10.8. The maximum atomic E-state index is 14.4. The van der Waals surface area contributed by atoms with Gasteiger partial charge in [0.05, 0.1) is 23.7 Å². The average Bonchev–Trinajstić information content (AvgIpc) is 3.23. The van der Waals surface area contributed by atoms with Crippen LogP contribution in [-0.2, 0) is 28.6 Å². The molecule has 2 aliphatic rings. The third kappa shape index (κ3) is 5.32. The number of nitrogens with one attached hydrogen (secondary N) is 1. The highest BCUT2D eigenvalue weighted by molar-refractivity contribution is 7.86. The van der Waals surface area contributed by atoms with Gasteiger partial charge in [-0.3, -0.25) is 14.0 Å². The third-order valence-corrected chi connectivity index (χ3v) is 8.15. The smallest absolute Gasteiger partial charge is 0.347 e. The standard InChI is InChI=1S/C24H19F9N2O2S/c1-12-4-13(2-3-18(12)20(36)35-17-9-38(37)10-17)19-8-21(11-34-19,24(31,32)33)14-5-15(22(25,26)27)7-16(6-14)23(28,29)30/h2-7,17H,8-11H2,1H3,(H,35,36). The number of aryl methyl sites for hydroxylation is 1. The molecule has 1 unspecified atom stereocenters. The second kappa shape index (κ2) is 9.38. The van der Waals surface area contributed by atoms with Crippen molar-refractivity contribution in [1.82, 2.24) is 5.32 Å². The fourth-order valence-electron chi connectivity index (χ4n) is 4.44. The van der Waals surface area contributed by atoms with Gasteiger partial charge in [-0.25, -0.2) is 0 Å². The van der Waals surface area contributed by atoms with E-state index >= 15 is 0 Å². The molecule has 1 saturated heterocycles. The van der Waals surface area contributed by atoms with Crippen molar-refractivity contribution in [3.63, 3.8) is 0 Å². The van der Waals surface area contributed by atoms with Crippen molar-refractivity contribution >= 4 is 22.4 Å². The van der Waals surface area contributed by atoms with E-state index in [-0.39, 0.29) is 41.1 Å². The van der Waals surface area contributed by atoms with Crippen LogP contribution in [0.3, 0.4) is 0 Å². The van der Waals surface area contributed by atoms with Crippen molar-refractivity contribution in [1.29, 1.82) is 0 Å². The van der Waals surface area contributed by atoms with Crippen LogP contribution in [0.5, 0.6) is 0 Å². The summed E-state index contributed by atoms with van der Waals surface area (Å²) in [5, 5.41) is 2.69. The van der Waals surface area contributed by atoms with Gasteiger partial charge < -0.3 is 5.32 Å². The molecule has 0 spiro atoms. The molecule has 2 aromatic carbocycles. The molecule has 206 valence electrons. The molecular formula is C24H19F9N2O2S. The van der Waals surface area contributed by atoms with Crippen LogP contribution >= 0.6 is 0 Å². The summed E-state index contributed by atoms with van der Waals surface area (Å²) in [7, 11) is -0.997. The molecule has 1 N–H and O–H groups in total.